The van der Waals surface area contributed by atoms with Crippen LogP contribution in [0.5, 0.6) is 11.5 Å². The van der Waals surface area contributed by atoms with Gasteiger partial charge in [0.25, 0.3) is 0 Å². The van der Waals surface area contributed by atoms with E-state index in [-0.39, 0.29) is 24.4 Å². The molecule has 2 aliphatic rings. The molecule has 2 aliphatic heterocycles. The third-order valence-electron chi connectivity index (χ3n) is 6.26. The number of hydrogen-bond acceptors (Lipinski definition) is 10. The molecular formula is C30H48N2O6S2. The molecule has 226 valence electrons. The highest BCUT2D eigenvalue weighted by Crippen LogP contribution is 2.29. The van der Waals surface area contributed by atoms with Crippen molar-refractivity contribution in [1.82, 2.24) is 0 Å². The van der Waals surface area contributed by atoms with Crippen LogP contribution < -0.4 is 9.47 Å². The van der Waals surface area contributed by atoms with Crippen molar-refractivity contribution in [2.75, 3.05) is 64.2 Å². The van der Waals surface area contributed by atoms with Crippen molar-refractivity contribution in [3.05, 3.63) is 23.8 Å². The number of epoxide rings is 2. The van der Waals surface area contributed by atoms with Crippen LogP contribution in [0.15, 0.2) is 28.2 Å². The summed E-state index contributed by atoms with van der Waals surface area (Å²) < 4.78 is 34.3. The molecular weight excluding hydrogens is 548 g/mol. The van der Waals surface area contributed by atoms with E-state index in [1.54, 1.807) is 0 Å². The molecule has 0 radical (unpaired) electrons. The number of ether oxygens (including phenoxy) is 6. The van der Waals surface area contributed by atoms with E-state index in [0.29, 0.717) is 32.3 Å². The first kappa shape index (κ1) is 33.2. The lowest BCUT2D eigenvalue weighted by Crippen LogP contribution is -2.34. The van der Waals surface area contributed by atoms with E-state index in [4.69, 9.17) is 28.4 Å². The van der Waals surface area contributed by atoms with Gasteiger partial charge in [0.2, 0.25) is 0 Å². The zero-order valence-corrected chi connectivity index (χ0v) is 26.3. The first-order valence-corrected chi connectivity index (χ1v) is 17.2. The van der Waals surface area contributed by atoms with Crippen molar-refractivity contribution in [2.45, 2.75) is 71.4 Å². The van der Waals surface area contributed by atoms with Crippen molar-refractivity contribution in [3.63, 3.8) is 0 Å². The molecule has 0 spiro atoms. The third-order valence-corrected chi connectivity index (χ3v) is 8.62. The second-order valence-electron chi connectivity index (χ2n) is 9.96. The standard InChI is InChI=1S/C30H48N2O6S2/c1-5-8-27(37-21-25-19-35-25)29(33-6-2)15-23(4)17-31-11-13-39-40-14-12-32-18-24-9-10-28(30(16-24)34-7-3)38-22-26-20-36-26/h9-10,16-18,23,25-27,29H,5-8,11-15,19-22H2,1-4H3. The minimum absolute atomic E-state index is 0.0927. The fourth-order valence-corrected chi connectivity index (χ4v) is 5.84. The molecule has 5 atom stereocenters. The number of rotatable bonds is 24. The smallest absolute Gasteiger partial charge is 0.161 e. The van der Waals surface area contributed by atoms with Crippen LogP contribution >= 0.6 is 21.6 Å². The van der Waals surface area contributed by atoms with E-state index in [9.17, 15) is 0 Å². The predicted molar refractivity (Wildman–Crippen MR) is 167 cm³/mol. The summed E-state index contributed by atoms with van der Waals surface area (Å²) in [5.74, 6) is 3.79. The molecule has 10 heteroatoms. The Morgan fingerprint density at radius 2 is 1.62 bits per heavy atom. The van der Waals surface area contributed by atoms with Gasteiger partial charge in [0.15, 0.2) is 11.5 Å². The molecule has 2 fully saturated rings. The van der Waals surface area contributed by atoms with Crippen LogP contribution in [0.2, 0.25) is 0 Å². The molecule has 2 heterocycles. The van der Waals surface area contributed by atoms with Gasteiger partial charge in [-0.15, -0.1) is 0 Å². The van der Waals surface area contributed by atoms with Gasteiger partial charge in [-0.2, -0.15) is 0 Å². The Hall–Kier alpha value is -1.30. The lowest BCUT2D eigenvalue weighted by atomic mass is 9.98. The van der Waals surface area contributed by atoms with Gasteiger partial charge in [-0.05, 0) is 56.4 Å². The summed E-state index contributed by atoms with van der Waals surface area (Å²) in [7, 11) is 3.69. The fraction of sp³-hybridized carbons (Fsp3) is 0.733. The Balaban J connectivity index is 1.27. The number of nitrogens with zero attached hydrogens (tertiary/aromatic N) is 2. The van der Waals surface area contributed by atoms with E-state index >= 15 is 0 Å². The summed E-state index contributed by atoms with van der Waals surface area (Å²) >= 11 is 0. The summed E-state index contributed by atoms with van der Waals surface area (Å²) in [5.41, 5.74) is 1.01. The number of hydrogen-bond donors (Lipinski definition) is 0. The molecule has 1 aromatic carbocycles. The van der Waals surface area contributed by atoms with Crippen molar-refractivity contribution < 1.29 is 28.4 Å². The molecule has 0 aromatic heterocycles. The van der Waals surface area contributed by atoms with Gasteiger partial charge in [-0.25, -0.2) is 0 Å². The van der Waals surface area contributed by atoms with Gasteiger partial charge >= 0.3 is 0 Å². The molecule has 2 saturated heterocycles. The maximum atomic E-state index is 6.16. The highest BCUT2D eigenvalue weighted by Gasteiger charge is 2.28. The minimum Gasteiger partial charge on any atom is -0.490 e. The molecule has 40 heavy (non-hydrogen) atoms. The highest BCUT2D eigenvalue weighted by molar-refractivity contribution is 8.76. The molecule has 5 unspecified atom stereocenters. The highest BCUT2D eigenvalue weighted by atomic mass is 33.1. The summed E-state index contributed by atoms with van der Waals surface area (Å²) in [6, 6.07) is 5.93. The molecule has 0 N–H and O–H groups in total. The SMILES string of the molecule is CCCC(OCC1CO1)C(CC(C)C=NCCSSCCN=Cc1ccc(OCC2CO2)c(OCC)c1)OCC. The van der Waals surface area contributed by atoms with Gasteiger partial charge < -0.3 is 28.4 Å². The zero-order valence-electron chi connectivity index (χ0n) is 24.6. The molecule has 8 nitrogen and oxygen atoms in total. The van der Waals surface area contributed by atoms with E-state index in [1.807, 2.05) is 52.9 Å². The Morgan fingerprint density at radius 1 is 0.900 bits per heavy atom. The van der Waals surface area contributed by atoms with Crippen molar-refractivity contribution in [2.24, 2.45) is 15.9 Å². The third kappa shape index (κ3) is 14.0. The molecule has 1 aromatic rings. The number of benzene rings is 1. The molecule has 0 aliphatic carbocycles. The van der Waals surface area contributed by atoms with Gasteiger partial charge in [-0.3, -0.25) is 9.98 Å². The lowest BCUT2D eigenvalue weighted by Gasteiger charge is -2.28. The number of aliphatic imine (C=N–C) groups is 2. The summed E-state index contributed by atoms with van der Waals surface area (Å²) in [6.07, 6.45) is 7.70. The van der Waals surface area contributed by atoms with Crippen LogP contribution in [-0.4, -0.2) is 101 Å². The first-order valence-electron chi connectivity index (χ1n) is 14.7. The predicted octanol–water partition coefficient (Wildman–Crippen LogP) is 5.75. The Labute approximate surface area is 248 Å². The van der Waals surface area contributed by atoms with E-state index in [0.717, 1.165) is 74.1 Å². The Kier molecular flexibility index (Phi) is 16.4. The largest absolute Gasteiger partial charge is 0.490 e. The molecule has 0 bridgehead atoms. The average molecular weight is 597 g/mol. The van der Waals surface area contributed by atoms with Crippen molar-refractivity contribution >= 4 is 34.0 Å². The summed E-state index contributed by atoms with van der Waals surface area (Å²) in [4.78, 5) is 9.25. The van der Waals surface area contributed by atoms with Gasteiger partial charge in [0.1, 0.15) is 18.8 Å². The first-order chi connectivity index (χ1) is 19.6. The van der Waals surface area contributed by atoms with E-state index in [2.05, 4.69) is 37.0 Å². The van der Waals surface area contributed by atoms with Gasteiger partial charge in [-0.1, -0.05) is 41.9 Å². The maximum absolute atomic E-state index is 6.16. The topological polar surface area (TPSA) is 86.7 Å². The van der Waals surface area contributed by atoms with Crippen molar-refractivity contribution in [3.8, 4) is 11.5 Å². The van der Waals surface area contributed by atoms with Gasteiger partial charge in [0.05, 0.1) is 38.6 Å². The lowest BCUT2D eigenvalue weighted by molar-refractivity contribution is -0.0817. The molecule has 3 rings (SSSR count). The van der Waals surface area contributed by atoms with Crippen LogP contribution in [0.4, 0.5) is 0 Å². The molecule has 0 amide bonds. The summed E-state index contributed by atoms with van der Waals surface area (Å²) in [5, 5.41) is 0. The van der Waals surface area contributed by atoms with Crippen molar-refractivity contribution in [1.29, 1.82) is 0 Å². The quantitative estimate of drug-likeness (QED) is 0.0646. The maximum Gasteiger partial charge on any atom is 0.161 e. The van der Waals surface area contributed by atoms with Crippen LogP contribution in [0, 0.1) is 5.92 Å². The minimum atomic E-state index is 0.0927. The summed E-state index contributed by atoms with van der Waals surface area (Å²) in [6.45, 7) is 14.1. The Morgan fingerprint density at radius 3 is 2.30 bits per heavy atom. The second kappa shape index (κ2) is 19.8. The van der Waals surface area contributed by atoms with E-state index in [1.165, 1.54) is 0 Å². The van der Waals surface area contributed by atoms with E-state index < -0.39 is 0 Å². The monoisotopic (exact) mass is 596 g/mol. The second-order valence-corrected chi connectivity index (χ2v) is 12.7. The van der Waals surface area contributed by atoms with Crippen LogP contribution in [0.1, 0.15) is 52.5 Å². The fourth-order valence-electron chi connectivity index (χ4n) is 4.09. The van der Waals surface area contributed by atoms with Gasteiger partial charge in [0, 0.05) is 43.6 Å². The Bertz CT molecular complexity index is 882. The average Bonchev–Trinajstić information content (AvgIpc) is 3.87. The van der Waals surface area contributed by atoms with Crippen LogP contribution in [0.3, 0.4) is 0 Å². The van der Waals surface area contributed by atoms with Crippen LogP contribution in [0.25, 0.3) is 0 Å². The molecule has 0 saturated carbocycles. The van der Waals surface area contributed by atoms with Crippen LogP contribution in [-0.2, 0) is 18.9 Å². The zero-order chi connectivity index (χ0) is 28.4. The normalized spacial score (nSPS) is 20.6.